The lowest BCUT2D eigenvalue weighted by Crippen LogP contribution is -2.12. The second-order valence-electron chi connectivity index (χ2n) is 4.28. The van der Waals surface area contributed by atoms with E-state index in [2.05, 4.69) is 10.5 Å². The molecule has 0 spiro atoms. The first-order valence-corrected chi connectivity index (χ1v) is 5.92. The molecule has 0 radical (unpaired) electrons. The van der Waals surface area contributed by atoms with Crippen molar-refractivity contribution in [3.63, 3.8) is 0 Å². The van der Waals surface area contributed by atoms with Gasteiger partial charge in [-0.15, -0.1) is 0 Å². The highest BCUT2D eigenvalue weighted by molar-refractivity contribution is 5.85. The lowest BCUT2D eigenvalue weighted by Gasteiger charge is -2.07. The Morgan fingerprint density at radius 1 is 1.24 bits per heavy atom. The number of nitrogens with zero attached hydrogens (tertiary/aromatic N) is 1. The van der Waals surface area contributed by atoms with Gasteiger partial charge in [-0.2, -0.15) is 13.2 Å². The fraction of sp³-hybridized carbons (Fsp3) is 0.231. The minimum atomic E-state index is -4.35. The highest BCUT2D eigenvalue weighted by Crippen LogP contribution is 2.29. The molecular formula is C13H11F3N2O3. The van der Waals surface area contributed by atoms with E-state index in [0.29, 0.717) is 17.9 Å². The van der Waals surface area contributed by atoms with Gasteiger partial charge in [-0.05, 0) is 17.7 Å². The molecule has 1 aromatic carbocycles. The Morgan fingerprint density at radius 3 is 2.43 bits per heavy atom. The van der Waals surface area contributed by atoms with Crippen LogP contribution in [0.2, 0.25) is 0 Å². The minimum Gasteiger partial charge on any atom is -0.476 e. The van der Waals surface area contributed by atoms with Gasteiger partial charge in [-0.3, -0.25) is 0 Å². The first kappa shape index (κ1) is 15.0. The van der Waals surface area contributed by atoms with E-state index >= 15 is 0 Å². The summed E-state index contributed by atoms with van der Waals surface area (Å²) in [4.78, 5) is 10.6. The molecule has 2 N–H and O–H groups in total. The van der Waals surface area contributed by atoms with Crippen molar-refractivity contribution in [2.45, 2.75) is 19.3 Å². The summed E-state index contributed by atoms with van der Waals surface area (Å²) in [6.07, 6.45) is -4.35. The molecule has 2 aromatic rings. The van der Waals surface area contributed by atoms with Gasteiger partial charge in [0.1, 0.15) is 0 Å². The van der Waals surface area contributed by atoms with E-state index in [1.54, 1.807) is 0 Å². The molecule has 0 bridgehead atoms. The number of carbonyl (C=O) groups is 1. The Kier molecular flexibility index (Phi) is 4.27. The maximum atomic E-state index is 12.4. The highest BCUT2D eigenvalue weighted by Gasteiger charge is 2.29. The third-order valence-electron chi connectivity index (χ3n) is 2.69. The van der Waals surface area contributed by atoms with Crippen LogP contribution in [0.4, 0.5) is 13.2 Å². The van der Waals surface area contributed by atoms with Crippen LogP contribution in [-0.4, -0.2) is 16.2 Å². The van der Waals surface area contributed by atoms with E-state index in [9.17, 15) is 18.0 Å². The Balaban J connectivity index is 1.87. The van der Waals surface area contributed by atoms with Gasteiger partial charge in [0.15, 0.2) is 11.5 Å². The number of carboxylic acids is 1. The van der Waals surface area contributed by atoms with E-state index in [1.165, 1.54) is 18.2 Å². The number of benzene rings is 1. The molecule has 1 aromatic heterocycles. The van der Waals surface area contributed by atoms with Gasteiger partial charge in [-0.1, -0.05) is 17.3 Å². The molecule has 0 saturated carbocycles. The minimum absolute atomic E-state index is 0.193. The third kappa shape index (κ3) is 4.06. The van der Waals surface area contributed by atoms with Gasteiger partial charge < -0.3 is 14.9 Å². The van der Waals surface area contributed by atoms with Crippen LogP contribution in [-0.2, 0) is 19.3 Å². The molecule has 0 aliphatic rings. The predicted molar refractivity (Wildman–Crippen MR) is 65.5 cm³/mol. The van der Waals surface area contributed by atoms with E-state index in [-0.39, 0.29) is 12.2 Å². The van der Waals surface area contributed by atoms with Crippen LogP contribution in [0.5, 0.6) is 0 Å². The van der Waals surface area contributed by atoms with Crippen molar-refractivity contribution >= 4 is 5.97 Å². The Hall–Kier alpha value is -2.35. The Bertz CT molecular complexity index is 620. The molecule has 2 rings (SSSR count). The van der Waals surface area contributed by atoms with Crippen molar-refractivity contribution in [1.29, 1.82) is 0 Å². The molecule has 8 heteroatoms. The summed E-state index contributed by atoms with van der Waals surface area (Å²) in [5.41, 5.74) is -0.227. The van der Waals surface area contributed by atoms with E-state index in [0.717, 1.165) is 12.1 Å². The molecule has 0 saturated heterocycles. The monoisotopic (exact) mass is 300 g/mol. The van der Waals surface area contributed by atoms with Gasteiger partial charge in [0, 0.05) is 12.6 Å². The molecule has 0 fully saturated rings. The highest BCUT2D eigenvalue weighted by atomic mass is 19.4. The maximum Gasteiger partial charge on any atom is 0.416 e. The summed E-state index contributed by atoms with van der Waals surface area (Å²) in [5.74, 6) is -0.855. The van der Waals surface area contributed by atoms with Crippen LogP contribution in [0.1, 0.15) is 27.4 Å². The molecule has 21 heavy (non-hydrogen) atoms. The van der Waals surface area contributed by atoms with Gasteiger partial charge in [0.25, 0.3) is 0 Å². The lowest BCUT2D eigenvalue weighted by atomic mass is 10.1. The van der Waals surface area contributed by atoms with Gasteiger partial charge in [0.05, 0.1) is 12.1 Å². The Labute approximate surface area is 117 Å². The number of aromatic carboxylic acids is 1. The quantitative estimate of drug-likeness (QED) is 0.888. The first-order valence-electron chi connectivity index (χ1n) is 5.92. The van der Waals surface area contributed by atoms with Crippen LogP contribution >= 0.6 is 0 Å². The summed E-state index contributed by atoms with van der Waals surface area (Å²) < 4.78 is 41.9. The molecule has 0 aliphatic carbocycles. The third-order valence-corrected chi connectivity index (χ3v) is 2.69. The zero-order chi connectivity index (χ0) is 15.5. The SMILES string of the molecule is O=C(O)c1cc(CNCc2ccc(C(F)(F)F)cc2)on1. The van der Waals surface area contributed by atoms with Gasteiger partial charge in [0.2, 0.25) is 0 Å². The summed E-state index contributed by atoms with van der Waals surface area (Å²) in [5, 5.41) is 14.9. The number of alkyl halides is 3. The van der Waals surface area contributed by atoms with E-state index < -0.39 is 17.7 Å². The predicted octanol–water partition coefficient (Wildman–Crippen LogP) is 2.68. The summed E-state index contributed by atoms with van der Waals surface area (Å²) in [6, 6.07) is 6.04. The molecule has 0 aliphatic heterocycles. The lowest BCUT2D eigenvalue weighted by molar-refractivity contribution is -0.137. The fourth-order valence-corrected chi connectivity index (χ4v) is 1.64. The van der Waals surface area contributed by atoms with Crippen LogP contribution in [0.25, 0.3) is 0 Å². The normalized spacial score (nSPS) is 11.6. The van der Waals surface area contributed by atoms with Crippen molar-refractivity contribution in [3.05, 3.63) is 52.9 Å². The molecular weight excluding hydrogens is 289 g/mol. The average molecular weight is 300 g/mol. The van der Waals surface area contributed by atoms with E-state index in [4.69, 9.17) is 9.63 Å². The molecule has 5 nitrogen and oxygen atoms in total. The van der Waals surface area contributed by atoms with Crippen molar-refractivity contribution in [3.8, 4) is 0 Å². The number of carboxylic acid groups (broad SMARTS) is 1. The molecule has 1 heterocycles. The first-order chi connectivity index (χ1) is 9.86. The van der Waals surface area contributed by atoms with Gasteiger partial charge in [-0.25, -0.2) is 4.79 Å². The molecule has 112 valence electrons. The summed E-state index contributed by atoms with van der Waals surface area (Å²) in [6.45, 7) is 0.544. The molecule has 0 atom stereocenters. The number of hydrogen-bond donors (Lipinski definition) is 2. The zero-order valence-corrected chi connectivity index (χ0v) is 10.6. The maximum absolute atomic E-state index is 12.4. The number of halogens is 3. The van der Waals surface area contributed by atoms with Crippen LogP contribution < -0.4 is 5.32 Å². The standard InChI is InChI=1S/C13H11F3N2O3/c14-13(15,16)9-3-1-8(2-4-9)6-17-7-10-5-11(12(19)20)18-21-10/h1-5,17H,6-7H2,(H,19,20). The zero-order valence-electron chi connectivity index (χ0n) is 10.6. The number of hydrogen-bond acceptors (Lipinski definition) is 4. The largest absolute Gasteiger partial charge is 0.476 e. The number of nitrogens with one attached hydrogen (secondary N) is 1. The topological polar surface area (TPSA) is 75.4 Å². The second-order valence-corrected chi connectivity index (χ2v) is 4.28. The average Bonchev–Trinajstić information content (AvgIpc) is 2.87. The van der Waals surface area contributed by atoms with Crippen molar-refractivity contribution in [2.75, 3.05) is 0 Å². The number of aromatic nitrogens is 1. The molecule has 0 unspecified atom stereocenters. The van der Waals surface area contributed by atoms with Crippen LogP contribution in [0, 0.1) is 0 Å². The second kappa shape index (κ2) is 5.96. The number of rotatable bonds is 5. The summed E-state index contributed by atoms with van der Waals surface area (Å²) in [7, 11) is 0. The van der Waals surface area contributed by atoms with Crippen molar-refractivity contribution in [2.24, 2.45) is 0 Å². The van der Waals surface area contributed by atoms with E-state index in [1.807, 2.05) is 0 Å². The van der Waals surface area contributed by atoms with Gasteiger partial charge >= 0.3 is 12.1 Å². The smallest absolute Gasteiger partial charge is 0.416 e. The van der Waals surface area contributed by atoms with Crippen LogP contribution in [0.15, 0.2) is 34.9 Å². The van der Waals surface area contributed by atoms with Crippen molar-refractivity contribution in [1.82, 2.24) is 10.5 Å². The fourth-order valence-electron chi connectivity index (χ4n) is 1.64. The van der Waals surface area contributed by atoms with Crippen LogP contribution in [0.3, 0.4) is 0 Å². The summed E-state index contributed by atoms with van der Waals surface area (Å²) >= 11 is 0. The Morgan fingerprint density at radius 2 is 1.90 bits per heavy atom. The van der Waals surface area contributed by atoms with Crippen molar-refractivity contribution < 1.29 is 27.6 Å². The molecule has 0 amide bonds.